The van der Waals surface area contributed by atoms with E-state index in [0.29, 0.717) is 37.0 Å². The van der Waals surface area contributed by atoms with Crippen molar-refractivity contribution in [2.75, 3.05) is 38.2 Å². The molecule has 7 heteroatoms. The maximum Gasteiger partial charge on any atom is 0.243 e. The van der Waals surface area contributed by atoms with E-state index < -0.39 is 10.0 Å². The van der Waals surface area contributed by atoms with Gasteiger partial charge in [0.05, 0.1) is 17.0 Å². The van der Waals surface area contributed by atoms with Crippen LogP contribution in [0.4, 0.5) is 5.69 Å². The molecule has 0 amide bonds. The molecule has 1 heterocycles. The lowest BCUT2D eigenvalue weighted by atomic mass is 10.2. The summed E-state index contributed by atoms with van der Waals surface area (Å²) >= 11 is 6.08. The van der Waals surface area contributed by atoms with Crippen molar-refractivity contribution in [1.29, 1.82) is 0 Å². The van der Waals surface area contributed by atoms with Gasteiger partial charge in [0.2, 0.25) is 10.0 Å². The zero-order chi connectivity index (χ0) is 18.0. The minimum absolute atomic E-state index is 0.197. The predicted molar refractivity (Wildman–Crippen MR) is 100 cm³/mol. The molecule has 1 aliphatic rings. The van der Waals surface area contributed by atoms with Crippen molar-refractivity contribution < 1.29 is 13.2 Å². The number of anilines is 1. The van der Waals surface area contributed by atoms with E-state index in [-0.39, 0.29) is 4.90 Å². The van der Waals surface area contributed by atoms with Crippen LogP contribution in [0.2, 0.25) is 5.02 Å². The Morgan fingerprint density at radius 2 is 1.76 bits per heavy atom. The topological polar surface area (TPSA) is 49.9 Å². The maximum atomic E-state index is 12.8. The van der Waals surface area contributed by atoms with Crippen molar-refractivity contribution in [3.05, 3.63) is 53.1 Å². The quantitative estimate of drug-likeness (QED) is 0.817. The van der Waals surface area contributed by atoms with Crippen LogP contribution in [0.1, 0.15) is 5.56 Å². The average Bonchev–Trinajstić information content (AvgIpc) is 2.61. The summed E-state index contributed by atoms with van der Waals surface area (Å²) in [6, 6.07) is 12.8. The van der Waals surface area contributed by atoms with Crippen molar-refractivity contribution >= 4 is 27.3 Å². The van der Waals surface area contributed by atoms with Crippen LogP contribution >= 0.6 is 11.6 Å². The highest BCUT2D eigenvalue weighted by molar-refractivity contribution is 7.89. The van der Waals surface area contributed by atoms with E-state index in [1.165, 1.54) is 29.1 Å². The van der Waals surface area contributed by atoms with Crippen LogP contribution in [0, 0.1) is 6.92 Å². The van der Waals surface area contributed by atoms with E-state index in [1.807, 2.05) is 6.07 Å². The van der Waals surface area contributed by atoms with Gasteiger partial charge in [-0.3, -0.25) is 0 Å². The first-order valence-electron chi connectivity index (χ1n) is 8.07. The second kappa shape index (κ2) is 7.23. The number of hydrogen-bond acceptors (Lipinski definition) is 4. The molecule has 0 aromatic heterocycles. The first-order valence-corrected chi connectivity index (χ1v) is 9.89. The van der Waals surface area contributed by atoms with Crippen molar-refractivity contribution in [3.63, 3.8) is 0 Å². The van der Waals surface area contributed by atoms with Gasteiger partial charge in [0, 0.05) is 31.9 Å². The van der Waals surface area contributed by atoms with E-state index in [0.717, 1.165) is 5.69 Å². The van der Waals surface area contributed by atoms with Gasteiger partial charge < -0.3 is 9.64 Å². The Morgan fingerprint density at radius 3 is 2.36 bits per heavy atom. The van der Waals surface area contributed by atoms with Crippen LogP contribution in [0.15, 0.2) is 47.4 Å². The molecule has 3 rings (SSSR count). The standard InChI is InChI=1S/C18H21ClN2O3S/c1-14-4-3-5-15(12-14)20-8-10-21(11-9-20)25(22,23)16-6-7-18(24-2)17(19)13-16/h3-7,12-13H,8-11H2,1-2H3. The molecule has 25 heavy (non-hydrogen) atoms. The van der Waals surface area contributed by atoms with Gasteiger partial charge in [-0.05, 0) is 42.8 Å². The number of piperazine rings is 1. The third-order valence-electron chi connectivity index (χ3n) is 4.37. The fourth-order valence-corrected chi connectivity index (χ4v) is 4.74. The number of sulfonamides is 1. The Kier molecular flexibility index (Phi) is 5.22. The summed E-state index contributed by atoms with van der Waals surface area (Å²) in [5.41, 5.74) is 2.32. The Morgan fingerprint density at radius 1 is 1.04 bits per heavy atom. The van der Waals surface area contributed by atoms with E-state index in [4.69, 9.17) is 16.3 Å². The summed E-state index contributed by atoms with van der Waals surface area (Å²) in [6.07, 6.45) is 0. The monoisotopic (exact) mass is 380 g/mol. The molecular weight excluding hydrogens is 360 g/mol. The number of ether oxygens (including phenoxy) is 1. The van der Waals surface area contributed by atoms with Gasteiger partial charge >= 0.3 is 0 Å². The molecule has 2 aromatic carbocycles. The van der Waals surface area contributed by atoms with Crippen LogP contribution < -0.4 is 9.64 Å². The predicted octanol–water partition coefficient (Wildman–Crippen LogP) is 3.17. The van der Waals surface area contributed by atoms with Crippen LogP contribution in [-0.4, -0.2) is 46.0 Å². The van der Waals surface area contributed by atoms with Crippen molar-refractivity contribution in [3.8, 4) is 5.75 Å². The van der Waals surface area contributed by atoms with Gasteiger partial charge in [-0.25, -0.2) is 8.42 Å². The van der Waals surface area contributed by atoms with Crippen molar-refractivity contribution in [1.82, 2.24) is 4.31 Å². The Hall–Kier alpha value is -1.76. The van der Waals surface area contributed by atoms with Gasteiger partial charge in [-0.15, -0.1) is 0 Å². The van der Waals surface area contributed by atoms with E-state index in [2.05, 4.69) is 30.0 Å². The number of aryl methyl sites for hydroxylation is 1. The highest BCUT2D eigenvalue weighted by atomic mass is 35.5. The third kappa shape index (κ3) is 3.76. The minimum Gasteiger partial charge on any atom is -0.495 e. The second-order valence-electron chi connectivity index (χ2n) is 6.03. The summed E-state index contributed by atoms with van der Waals surface area (Å²) in [5.74, 6) is 0.463. The molecule has 0 aliphatic carbocycles. The molecule has 0 N–H and O–H groups in total. The highest BCUT2D eigenvalue weighted by Gasteiger charge is 2.29. The maximum absolute atomic E-state index is 12.8. The van der Waals surface area contributed by atoms with Crippen LogP contribution in [0.3, 0.4) is 0 Å². The molecule has 0 atom stereocenters. The van der Waals surface area contributed by atoms with E-state index in [1.54, 1.807) is 6.07 Å². The van der Waals surface area contributed by atoms with Crippen LogP contribution in [0.5, 0.6) is 5.75 Å². The SMILES string of the molecule is COc1ccc(S(=O)(=O)N2CCN(c3cccc(C)c3)CC2)cc1Cl. The smallest absolute Gasteiger partial charge is 0.243 e. The summed E-state index contributed by atoms with van der Waals surface area (Å²) < 4.78 is 32.3. The van der Waals surface area contributed by atoms with Gasteiger partial charge in [0.1, 0.15) is 5.75 Å². The van der Waals surface area contributed by atoms with Crippen molar-refractivity contribution in [2.45, 2.75) is 11.8 Å². The molecule has 0 bridgehead atoms. The summed E-state index contributed by atoms with van der Waals surface area (Å²) in [4.78, 5) is 2.40. The average molecular weight is 381 g/mol. The lowest BCUT2D eigenvalue weighted by molar-refractivity contribution is 0.384. The third-order valence-corrected chi connectivity index (χ3v) is 6.56. The fourth-order valence-electron chi connectivity index (χ4n) is 2.97. The number of benzene rings is 2. The normalized spacial score (nSPS) is 16.0. The lowest BCUT2D eigenvalue weighted by Gasteiger charge is -2.35. The molecule has 0 saturated carbocycles. The van der Waals surface area contributed by atoms with E-state index >= 15 is 0 Å². The van der Waals surface area contributed by atoms with Gasteiger partial charge in [0.25, 0.3) is 0 Å². The Labute approximate surface area is 153 Å². The first-order chi connectivity index (χ1) is 11.9. The molecule has 1 aliphatic heterocycles. The summed E-state index contributed by atoms with van der Waals surface area (Å²) in [5, 5.41) is 0.293. The second-order valence-corrected chi connectivity index (χ2v) is 8.37. The molecule has 2 aromatic rings. The molecule has 0 radical (unpaired) electrons. The van der Waals surface area contributed by atoms with Gasteiger partial charge in [-0.2, -0.15) is 4.31 Å². The van der Waals surface area contributed by atoms with Crippen molar-refractivity contribution in [2.24, 2.45) is 0 Å². The van der Waals surface area contributed by atoms with Gasteiger partial charge in [-0.1, -0.05) is 23.7 Å². The fraction of sp³-hybridized carbons (Fsp3) is 0.333. The summed E-state index contributed by atoms with van der Waals surface area (Å²) in [6.45, 7) is 4.26. The highest BCUT2D eigenvalue weighted by Crippen LogP contribution is 2.29. The molecule has 0 unspecified atom stereocenters. The Balaban J connectivity index is 1.74. The van der Waals surface area contributed by atoms with Crippen LogP contribution in [-0.2, 0) is 10.0 Å². The molecule has 0 spiro atoms. The Bertz CT molecular complexity index is 862. The lowest BCUT2D eigenvalue weighted by Crippen LogP contribution is -2.48. The summed E-state index contributed by atoms with van der Waals surface area (Å²) in [7, 11) is -2.06. The number of hydrogen-bond donors (Lipinski definition) is 0. The first kappa shape index (κ1) is 18.0. The number of halogens is 1. The molecule has 1 saturated heterocycles. The molecule has 134 valence electrons. The zero-order valence-corrected chi connectivity index (χ0v) is 15.8. The van der Waals surface area contributed by atoms with Crippen LogP contribution in [0.25, 0.3) is 0 Å². The van der Waals surface area contributed by atoms with E-state index in [9.17, 15) is 8.42 Å². The largest absolute Gasteiger partial charge is 0.495 e. The molecular formula is C18H21ClN2O3S. The number of methoxy groups -OCH3 is 1. The number of nitrogens with zero attached hydrogens (tertiary/aromatic N) is 2. The number of rotatable bonds is 4. The molecule has 1 fully saturated rings. The van der Waals surface area contributed by atoms with Gasteiger partial charge in [0.15, 0.2) is 0 Å². The minimum atomic E-state index is -3.56. The molecule has 5 nitrogen and oxygen atoms in total. The zero-order valence-electron chi connectivity index (χ0n) is 14.3.